The summed E-state index contributed by atoms with van der Waals surface area (Å²) in [5.41, 5.74) is 1.28. The number of aryl methyl sites for hydroxylation is 2. The van der Waals surface area contributed by atoms with Gasteiger partial charge in [0.25, 0.3) is 5.89 Å². The number of hydrogen-bond donors (Lipinski definition) is 1. The summed E-state index contributed by atoms with van der Waals surface area (Å²) in [5.74, 6) is 2.96. The van der Waals surface area contributed by atoms with Gasteiger partial charge in [0.2, 0.25) is 11.0 Å². The lowest BCUT2D eigenvalue weighted by molar-refractivity contribution is 0.529. The van der Waals surface area contributed by atoms with E-state index < -0.39 is 0 Å². The molecule has 1 N–H and O–H groups in total. The molecule has 0 radical (unpaired) electrons. The molecule has 0 bridgehead atoms. The molecule has 3 rings (SSSR count). The molecule has 3 aromatic heterocycles. The standard InChI is InChI=1S/C15H19N5OS2/c1-5-10-9(4)6-11(23-10)14-19-17-12(21-14)7-22-15-16-13(8(2)3)18-20-15/h6,8H,5,7H2,1-4H3,(H,16,18,20). The van der Waals surface area contributed by atoms with Crippen LogP contribution < -0.4 is 0 Å². The number of thioether (sulfide) groups is 1. The second-order valence-corrected chi connectivity index (χ2v) is 7.60. The maximum absolute atomic E-state index is 5.76. The van der Waals surface area contributed by atoms with Crippen molar-refractivity contribution in [3.05, 3.63) is 28.2 Å². The Kier molecular flexibility index (Phi) is 4.82. The molecule has 0 saturated heterocycles. The fourth-order valence-corrected chi connectivity index (χ4v) is 3.77. The molecule has 0 aliphatic carbocycles. The van der Waals surface area contributed by atoms with Crippen LogP contribution in [0.1, 0.15) is 48.8 Å². The topological polar surface area (TPSA) is 80.5 Å². The zero-order valence-corrected chi connectivity index (χ0v) is 15.2. The minimum absolute atomic E-state index is 0.335. The van der Waals surface area contributed by atoms with Crippen LogP contribution in [0.15, 0.2) is 15.6 Å². The molecule has 0 atom stereocenters. The van der Waals surface area contributed by atoms with Crippen molar-refractivity contribution in [2.75, 3.05) is 0 Å². The quantitative estimate of drug-likeness (QED) is 0.672. The molecule has 0 saturated carbocycles. The van der Waals surface area contributed by atoms with Gasteiger partial charge in [-0.25, -0.2) is 4.98 Å². The Hall–Kier alpha value is -1.67. The zero-order chi connectivity index (χ0) is 16.4. The lowest BCUT2D eigenvalue weighted by Crippen LogP contribution is -1.89. The fraction of sp³-hybridized carbons (Fsp3) is 0.467. The van der Waals surface area contributed by atoms with Gasteiger partial charge >= 0.3 is 0 Å². The molecular weight excluding hydrogens is 330 g/mol. The van der Waals surface area contributed by atoms with Crippen LogP contribution in [0, 0.1) is 6.92 Å². The number of H-pyrrole nitrogens is 1. The summed E-state index contributed by atoms with van der Waals surface area (Å²) < 4.78 is 5.76. The molecule has 0 unspecified atom stereocenters. The smallest absolute Gasteiger partial charge is 0.257 e. The molecule has 0 aliphatic heterocycles. The Balaban J connectivity index is 1.66. The van der Waals surface area contributed by atoms with Crippen LogP contribution >= 0.6 is 23.1 Å². The van der Waals surface area contributed by atoms with Gasteiger partial charge in [-0.3, -0.25) is 5.10 Å². The van der Waals surface area contributed by atoms with Crippen molar-refractivity contribution in [1.82, 2.24) is 25.4 Å². The van der Waals surface area contributed by atoms with E-state index in [1.807, 2.05) is 0 Å². The zero-order valence-electron chi connectivity index (χ0n) is 13.6. The first-order chi connectivity index (χ1) is 11.1. The third-order valence-electron chi connectivity index (χ3n) is 3.37. The fourth-order valence-electron chi connectivity index (χ4n) is 2.09. The summed E-state index contributed by atoms with van der Waals surface area (Å²) in [4.78, 5) is 6.81. The molecular formula is C15H19N5OS2. The number of nitrogens with one attached hydrogen (secondary N) is 1. The van der Waals surface area contributed by atoms with Gasteiger partial charge in [-0.1, -0.05) is 32.5 Å². The first-order valence-electron chi connectivity index (χ1n) is 7.54. The maximum atomic E-state index is 5.76. The van der Waals surface area contributed by atoms with Crippen LogP contribution in [-0.2, 0) is 12.2 Å². The highest BCUT2D eigenvalue weighted by atomic mass is 32.2. The van der Waals surface area contributed by atoms with Gasteiger partial charge in [-0.2, -0.15) is 0 Å². The summed E-state index contributed by atoms with van der Waals surface area (Å²) in [6.45, 7) is 8.42. The monoisotopic (exact) mass is 349 g/mol. The lowest BCUT2D eigenvalue weighted by atomic mass is 10.2. The predicted octanol–water partition coefficient (Wildman–Crippen LogP) is 4.20. The van der Waals surface area contributed by atoms with Crippen LogP contribution in [-0.4, -0.2) is 25.4 Å². The Bertz CT molecular complexity index is 789. The summed E-state index contributed by atoms with van der Waals surface area (Å²) in [5, 5.41) is 16.1. The molecule has 0 amide bonds. The normalized spacial score (nSPS) is 11.5. The minimum atomic E-state index is 0.335. The van der Waals surface area contributed by atoms with Crippen molar-refractivity contribution in [1.29, 1.82) is 0 Å². The number of nitrogens with zero attached hydrogens (tertiary/aromatic N) is 4. The highest BCUT2D eigenvalue weighted by molar-refractivity contribution is 7.98. The molecule has 23 heavy (non-hydrogen) atoms. The molecule has 0 aromatic carbocycles. The van der Waals surface area contributed by atoms with Crippen molar-refractivity contribution >= 4 is 23.1 Å². The molecule has 3 aromatic rings. The van der Waals surface area contributed by atoms with Crippen LogP contribution in [0.3, 0.4) is 0 Å². The van der Waals surface area contributed by atoms with E-state index in [1.54, 1.807) is 11.3 Å². The second kappa shape index (κ2) is 6.84. The van der Waals surface area contributed by atoms with Crippen molar-refractivity contribution in [2.24, 2.45) is 0 Å². The summed E-state index contributed by atoms with van der Waals surface area (Å²) >= 11 is 3.20. The molecule has 0 aliphatic rings. The van der Waals surface area contributed by atoms with Gasteiger partial charge in [0, 0.05) is 10.8 Å². The molecule has 8 heteroatoms. The van der Waals surface area contributed by atoms with Gasteiger partial charge in [-0.05, 0) is 25.0 Å². The van der Waals surface area contributed by atoms with Gasteiger partial charge in [-0.15, -0.1) is 26.6 Å². The third-order valence-corrected chi connectivity index (χ3v) is 5.57. The van der Waals surface area contributed by atoms with Crippen LogP contribution in [0.25, 0.3) is 10.8 Å². The van der Waals surface area contributed by atoms with E-state index >= 15 is 0 Å². The summed E-state index contributed by atoms with van der Waals surface area (Å²) in [7, 11) is 0. The second-order valence-electron chi connectivity index (χ2n) is 5.52. The van der Waals surface area contributed by atoms with Crippen molar-refractivity contribution in [2.45, 2.75) is 50.9 Å². The molecule has 0 fully saturated rings. The summed E-state index contributed by atoms with van der Waals surface area (Å²) in [6.07, 6.45) is 1.02. The van der Waals surface area contributed by atoms with E-state index in [9.17, 15) is 0 Å². The van der Waals surface area contributed by atoms with Gasteiger partial charge in [0.15, 0.2) is 0 Å². The van der Waals surface area contributed by atoms with Gasteiger partial charge in [0.05, 0.1) is 10.6 Å². The van der Waals surface area contributed by atoms with E-state index in [0.29, 0.717) is 28.6 Å². The Morgan fingerprint density at radius 2 is 2.17 bits per heavy atom. The number of aromatic nitrogens is 5. The average Bonchev–Trinajstić information content (AvgIpc) is 3.24. The number of rotatable bonds is 6. The van der Waals surface area contributed by atoms with Gasteiger partial charge in [0.1, 0.15) is 5.82 Å². The Morgan fingerprint density at radius 3 is 2.83 bits per heavy atom. The average molecular weight is 349 g/mol. The first kappa shape index (κ1) is 16.2. The van der Waals surface area contributed by atoms with Crippen molar-refractivity contribution in [3.8, 4) is 10.8 Å². The van der Waals surface area contributed by atoms with E-state index in [2.05, 4.69) is 59.1 Å². The van der Waals surface area contributed by atoms with Crippen LogP contribution in [0.4, 0.5) is 0 Å². The largest absolute Gasteiger partial charge is 0.419 e. The third kappa shape index (κ3) is 3.64. The summed E-state index contributed by atoms with van der Waals surface area (Å²) in [6, 6.07) is 2.11. The van der Waals surface area contributed by atoms with E-state index in [0.717, 1.165) is 17.1 Å². The Morgan fingerprint density at radius 1 is 1.35 bits per heavy atom. The van der Waals surface area contributed by atoms with E-state index in [-0.39, 0.29) is 0 Å². The molecule has 122 valence electrons. The highest BCUT2D eigenvalue weighted by Gasteiger charge is 2.14. The Labute approximate surface area is 143 Å². The van der Waals surface area contributed by atoms with Crippen molar-refractivity contribution < 1.29 is 4.42 Å². The van der Waals surface area contributed by atoms with Gasteiger partial charge < -0.3 is 4.42 Å². The van der Waals surface area contributed by atoms with Crippen LogP contribution in [0.5, 0.6) is 0 Å². The minimum Gasteiger partial charge on any atom is -0.419 e. The number of aromatic amines is 1. The first-order valence-corrected chi connectivity index (χ1v) is 9.34. The van der Waals surface area contributed by atoms with E-state index in [1.165, 1.54) is 22.2 Å². The predicted molar refractivity (Wildman–Crippen MR) is 91.8 cm³/mol. The van der Waals surface area contributed by atoms with Crippen LogP contribution in [0.2, 0.25) is 0 Å². The molecule has 0 spiro atoms. The number of thiophene rings is 1. The molecule has 6 nitrogen and oxygen atoms in total. The SMILES string of the molecule is CCc1sc(-c2nnc(CSc3n[nH]c(C(C)C)n3)o2)cc1C. The molecule has 3 heterocycles. The van der Waals surface area contributed by atoms with E-state index in [4.69, 9.17) is 4.42 Å². The van der Waals surface area contributed by atoms with Crippen molar-refractivity contribution in [3.63, 3.8) is 0 Å². The highest BCUT2D eigenvalue weighted by Crippen LogP contribution is 2.31. The lowest BCUT2D eigenvalue weighted by Gasteiger charge is -1.95. The number of hydrogen-bond acceptors (Lipinski definition) is 7. The maximum Gasteiger partial charge on any atom is 0.257 e.